The Morgan fingerprint density at radius 3 is 2.19 bits per heavy atom. The molecule has 5 heteroatoms. The van der Waals surface area contributed by atoms with Crippen LogP contribution >= 0.6 is 0 Å². The molecule has 0 N–H and O–H groups in total. The molecular weight excluding hydrogens is 216 g/mol. The third kappa shape index (κ3) is 2.19. The molecular formula is C11H14F2NO2+. The summed E-state index contributed by atoms with van der Waals surface area (Å²) in [6, 6.07) is 2.60. The molecule has 0 saturated carbocycles. The lowest BCUT2D eigenvalue weighted by atomic mass is 10.1. The number of esters is 1. The van der Waals surface area contributed by atoms with E-state index in [1.54, 1.807) is 21.1 Å². The van der Waals surface area contributed by atoms with E-state index in [-0.39, 0.29) is 10.2 Å². The number of rotatable bonds is 2. The second-order valence-electron chi connectivity index (χ2n) is 4.26. The van der Waals surface area contributed by atoms with Crippen LogP contribution in [-0.4, -0.2) is 34.2 Å². The summed E-state index contributed by atoms with van der Waals surface area (Å²) in [6.07, 6.45) is 0. The fourth-order valence-corrected chi connectivity index (χ4v) is 1.32. The first-order valence-corrected chi connectivity index (χ1v) is 4.67. The lowest BCUT2D eigenvalue weighted by Crippen LogP contribution is -2.36. The van der Waals surface area contributed by atoms with Crippen LogP contribution in [0, 0.1) is 11.6 Å². The zero-order valence-corrected chi connectivity index (χ0v) is 9.67. The van der Waals surface area contributed by atoms with Gasteiger partial charge in [-0.05, 0) is 6.07 Å². The number of halogens is 2. The van der Waals surface area contributed by atoms with Gasteiger partial charge in [-0.25, -0.2) is 9.18 Å². The van der Waals surface area contributed by atoms with Crippen molar-refractivity contribution in [2.75, 3.05) is 28.3 Å². The molecule has 88 valence electrons. The molecule has 0 unspecified atom stereocenters. The molecule has 0 bridgehead atoms. The van der Waals surface area contributed by atoms with Gasteiger partial charge in [0.25, 0.3) is 0 Å². The molecule has 1 aromatic carbocycles. The lowest BCUT2D eigenvalue weighted by Gasteiger charge is -2.24. The molecule has 0 atom stereocenters. The summed E-state index contributed by atoms with van der Waals surface area (Å²) in [4.78, 5) is 11.1. The van der Waals surface area contributed by atoms with Crippen LogP contribution in [0.4, 0.5) is 14.5 Å². The number of quaternary nitrogens is 1. The Morgan fingerprint density at radius 1 is 1.19 bits per heavy atom. The van der Waals surface area contributed by atoms with Crippen molar-refractivity contribution in [3.05, 3.63) is 29.3 Å². The van der Waals surface area contributed by atoms with Gasteiger partial charge < -0.3 is 4.74 Å². The Labute approximate surface area is 92.8 Å². The van der Waals surface area contributed by atoms with Gasteiger partial charge in [-0.1, -0.05) is 0 Å². The average molecular weight is 230 g/mol. The van der Waals surface area contributed by atoms with Gasteiger partial charge in [0.05, 0.1) is 33.8 Å². The van der Waals surface area contributed by atoms with Crippen molar-refractivity contribution >= 4 is 11.7 Å². The number of hydrogen-bond acceptors (Lipinski definition) is 2. The Hall–Kier alpha value is -1.49. The fourth-order valence-electron chi connectivity index (χ4n) is 1.32. The number of methoxy groups -OCH3 is 1. The Morgan fingerprint density at radius 2 is 1.75 bits per heavy atom. The normalized spacial score (nSPS) is 11.4. The van der Waals surface area contributed by atoms with E-state index < -0.39 is 23.2 Å². The number of carbonyl (C=O) groups excluding carboxylic acids is 1. The molecule has 0 saturated heterocycles. The first-order chi connectivity index (χ1) is 7.29. The SMILES string of the molecule is COC(=O)c1ccc([N+](C)(C)C)c(F)c1F. The van der Waals surface area contributed by atoms with Gasteiger partial charge in [0, 0.05) is 6.07 Å². The predicted octanol–water partition coefficient (Wildman–Crippen LogP) is 1.95. The molecule has 0 aliphatic carbocycles. The smallest absolute Gasteiger partial charge is 0.340 e. The van der Waals surface area contributed by atoms with Gasteiger partial charge in [-0.2, -0.15) is 4.39 Å². The summed E-state index contributed by atoms with van der Waals surface area (Å²) in [5, 5.41) is 0. The summed E-state index contributed by atoms with van der Waals surface area (Å²) < 4.78 is 31.7. The lowest BCUT2D eigenvalue weighted by molar-refractivity contribution is 0.0594. The first-order valence-electron chi connectivity index (χ1n) is 4.67. The summed E-state index contributed by atoms with van der Waals surface area (Å²) in [6.45, 7) is 0. The monoisotopic (exact) mass is 230 g/mol. The quantitative estimate of drug-likeness (QED) is 0.573. The maximum atomic E-state index is 13.7. The van der Waals surface area contributed by atoms with E-state index in [1.165, 1.54) is 12.1 Å². The molecule has 1 rings (SSSR count). The number of benzene rings is 1. The summed E-state index contributed by atoms with van der Waals surface area (Å²) in [5.74, 6) is -3.07. The minimum Gasteiger partial charge on any atom is -0.465 e. The molecule has 0 radical (unpaired) electrons. The van der Waals surface area contributed by atoms with Crippen LogP contribution in [0.3, 0.4) is 0 Å². The van der Waals surface area contributed by atoms with E-state index >= 15 is 0 Å². The average Bonchev–Trinajstić information content (AvgIpc) is 2.19. The number of hydrogen-bond donors (Lipinski definition) is 0. The van der Waals surface area contributed by atoms with Crippen molar-refractivity contribution in [1.82, 2.24) is 4.48 Å². The number of ether oxygens (including phenoxy) is 1. The highest BCUT2D eigenvalue weighted by molar-refractivity contribution is 5.90. The maximum Gasteiger partial charge on any atom is 0.340 e. The molecule has 0 aliphatic rings. The van der Waals surface area contributed by atoms with Crippen molar-refractivity contribution in [1.29, 1.82) is 0 Å². The molecule has 0 spiro atoms. The van der Waals surface area contributed by atoms with E-state index in [0.29, 0.717) is 0 Å². The van der Waals surface area contributed by atoms with Crippen LogP contribution in [0.25, 0.3) is 0 Å². The maximum absolute atomic E-state index is 13.7. The van der Waals surface area contributed by atoms with Crippen molar-refractivity contribution < 1.29 is 18.3 Å². The molecule has 0 heterocycles. The van der Waals surface area contributed by atoms with Gasteiger partial charge in [0.1, 0.15) is 0 Å². The van der Waals surface area contributed by atoms with Crippen LogP contribution in [0.1, 0.15) is 10.4 Å². The van der Waals surface area contributed by atoms with Crippen LogP contribution < -0.4 is 4.48 Å². The van der Waals surface area contributed by atoms with Crippen LogP contribution in [0.5, 0.6) is 0 Å². The van der Waals surface area contributed by atoms with Gasteiger partial charge in [0.15, 0.2) is 11.5 Å². The molecule has 0 fully saturated rings. The van der Waals surface area contributed by atoms with E-state index in [9.17, 15) is 13.6 Å². The Bertz CT molecular complexity index is 425. The third-order valence-corrected chi connectivity index (χ3v) is 2.19. The largest absolute Gasteiger partial charge is 0.465 e. The summed E-state index contributed by atoms with van der Waals surface area (Å²) in [7, 11) is 6.23. The van der Waals surface area contributed by atoms with Crippen LogP contribution in [0.15, 0.2) is 12.1 Å². The minimum absolute atomic E-state index is 0.129. The van der Waals surface area contributed by atoms with Gasteiger partial charge in [-0.15, -0.1) is 0 Å². The van der Waals surface area contributed by atoms with Crippen molar-refractivity contribution in [2.45, 2.75) is 0 Å². The minimum atomic E-state index is -1.17. The number of carbonyl (C=O) groups is 1. The van der Waals surface area contributed by atoms with Crippen LogP contribution in [-0.2, 0) is 4.74 Å². The molecule has 0 aliphatic heterocycles. The van der Waals surface area contributed by atoms with E-state index in [1.807, 2.05) is 0 Å². The zero-order chi connectivity index (χ0) is 12.5. The molecule has 1 aromatic rings. The topological polar surface area (TPSA) is 26.3 Å². The summed E-state index contributed by atoms with van der Waals surface area (Å²) in [5.41, 5.74) is -0.220. The Kier molecular flexibility index (Phi) is 3.28. The Balaban J connectivity index is 3.35. The van der Waals surface area contributed by atoms with E-state index in [0.717, 1.165) is 7.11 Å². The molecule has 0 aromatic heterocycles. The number of nitrogens with zero attached hydrogens (tertiary/aromatic N) is 1. The zero-order valence-electron chi connectivity index (χ0n) is 9.67. The van der Waals surface area contributed by atoms with Gasteiger partial charge >= 0.3 is 5.97 Å². The first kappa shape index (κ1) is 12.6. The van der Waals surface area contributed by atoms with Crippen LogP contribution in [0.2, 0.25) is 0 Å². The van der Waals surface area contributed by atoms with Crippen molar-refractivity contribution in [3.63, 3.8) is 0 Å². The highest BCUT2D eigenvalue weighted by atomic mass is 19.2. The summed E-state index contributed by atoms with van der Waals surface area (Å²) >= 11 is 0. The highest BCUT2D eigenvalue weighted by Crippen LogP contribution is 2.26. The van der Waals surface area contributed by atoms with Crippen molar-refractivity contribution in [2.24, 2.45) is 0 Å². The second kappa shape index (κ2) is 4.17. The molecule has 3 nitrogen and oxygen atoms in total. The third-order valence-electron chi connectivity index (χ3n) is 2.19. The second-order valence-corrected chi connectivity index (χ2v) is 4.26. The van der Waals surface area contributed by atoms with Gasteiger partial charge in [-0.3, -0.25) is 4.48 Å². The predicted molar refractivity (Wildman–Crippen MR) is 57.3 cm³/mol. The van der Waals surface area contributed by atoms with Crippen molar-refractivity contribution in [3.8, 4) is 0 Å². The highest BCUT2D eigenvalue weighted by Gasteiger charge is 2.25. The fraction of sp³-hybridized carbons (Fsp3) is 0.364. The molecule has 16 heavy (non-hydrogen) atoms. The van der Waals surface area contributed by atoms with Gasteiger partial charge in [0.2, 0.25) is 5.82 Å². The molecule has 0 amide bonds. The van der Waals surface area contributed by atoms with E-state index in [2.05, 4.69) is 4.74 Å². The standard InChI is InChI=1S/C11H14F2NO2/c1-14(2,3)8-6-5-7(11(15)16-4)9(12)10(8)13/h5-6H,1-4H3/q+1. The van der Waals surface area contributed by atoms with E-state index in [4.69, 9.17) is 0 Å².